The third-order valence-corrected chi connectivity index (χ3v) is 12.4. The van der Waals surface area contributed by atoms with Crippen LogP contribution in [0.1, 0.15) is 72.1 Å². The number of aliphatic hydroxyl groups is 2. The minimum Gasteiger partial charge on any atom is -0.481 e. The average molecular weight is 727 g/mol. The number of carboxylic acids is 1. The summed E-state index contributed by atoms with van der Waals surface area (Å²) in [5.41, 5.74) is -0.319. The topological polar surface area (TPSA) is 250 Å². The Morgan fingerprint density at radius 1 is 1.02 bits per heavy atom. The first kappa shape index (κ1) is 37.5. The van der Waals surface area contributed by atoms with Crippen molar-refractivity contribution < 1.29 is 73.4 Å². The lowest BCUT2D eigenvalue weighted by Crippen LogP contribution is -2.64. The van der Waals surface area contributed by atoms with Gasteiger partial charge in [-0.25, -0.2) is 8.37 Å². The van der Waals surface area contributed by atoms with Gasteiger partial charge in [0.1, 0.15) is 12.2 Å². The second-order valence-corrected chi connectivity index (χ2v) is 16.9. The number of aliphatic hydroxyl groups excluding tert-OH is 2. The molecule has 1 heterocycles. The lowest BCUT2D eigenvalue weighted by molar-refractivity contribution is -0.316. The average Bonchev–Trinajstić information content (AvgIpc) is 3.12. The number of carbonyl (C=O) groups excluding carboxylic acids is 1. The van der Waals surface area contributed by atoms with Crippen LogP contribution in [-0.4, -0.2) is 103 Å². The summed E-state index contributed by atoms with van der Waals surface area (Å²) in [5.74, 6) is -3.25. The van der Waals surface area contributed by atoms with E-state index >= 15 is 0 Å². The number of aliphatic carboxylic acids is 1. The van der Waals surface area contributed by atoms with Crippen LogP contribution in [0.2, 0.25) is 0 Å². The molecule has 0 aromatic heterocycles. The van der Waals surface area contributed by atoms with Crippen molar-refractivity contribution in [3.8, 4) is 0 Å². The zero-order valence-corrected chi connectivity index (χ0v) is 28.7. The van der Waals surface area contributed by atoms with E-state index in [0.717, 1.165) is 24.8 Å². The van der Waals surface area contributed by atoms with Crippen LogP contribution in [0.15, 0.2) is 12.2 Å². The van der Waals surface area contributed by atoms with E-state index in [1.807, 2.05) is 6.92 Å². The van der Waals surface area contributed by atoms with E-state index < -0.39 is 99.0 Å². The van der Waals surface area contributed by atoms with Gasteiger partial charge in [0.05, 0.1) is 24.7 Å². The van der Waals surface area contributed by atoms with E-state index in [2.05, 4.69) is 10.8 Å². The molecule has 274 valence electrons. The highest BCUT2D eigenvalue weighted by Gasteiger charge is 2.67. The molecular formula is C30H46O16S2. The van der Waals surface area contributed by atoms with E-state index in [0.29, 0.717) is 12.8 Å². The van der Waals surface area contributed by atoms with Crippen LogP contribution in [0.5, 0.6) is 0 Å². The SMILES string of the molecule is C=C1C(O)[C@@]23CC[C@@H]4C(C(=O)O)C[C@@H](O[C@H]5O[C@@H](CO)[C@H](OS(=O)(=O)O)C(OS(=O)(=O)O)[C@@H]5OC(=O)CC(C)C)C[C@@]4(C)[C@@H]2CC[C@@H]1C3. The van der Waals surface area contributed by atoms with Crippen molar-refractivity contribution in [3.05, 3.63) is 12.2 Å². The normalized spacial score (nSPS) is 43.0. The molecule has 3 unspecified atom stereocenters. The van der Waals surface area contributed by atoms with Crippen molar-refractivity contribution in [1.29, 1.82) is 0 Å². The van der Waals surface area contributed by atoms with Crippen molar-refractivity contribution in [2.75, 3.05) is 6.61 Å². The molecule has 16 nitrogen and oxygen atoms in total. The van der Waals surface area contributed by atoms with Gasteiger partial charge in [0.25, 0.3) is 0 Å². The summed E-state index contributed by atoms with van der Waals surface area (Å²) in [7, 11) is -10.8. The number of esters is 1. The molecule has 5 fully saturated rings. The summed E-state index contributed by atoms with van der Waals surface area (Å²) in [6.45, 7) is 8.52. The quantitative estimate of drug-likeness (QED) is 0.0879. The Balaban J connectivity index is 1.51. The molecule has 0 aromatic carbocycles. The Hall–Kier alpha value is -1.74. The smallest absolute Gasteiger partial charge is 0.397 e. The van der Waals surface area contributed by atoms with Crippen LogP contribution in [-0.2, 0) is 53.0 Å². The Kier molecular flexibility index (Phi) is 10.5. The molecule has 1 aliphatic heterocycles. The molecule has 0 radical (unpaired) electrons. The summed E-state index contributed by atoms with van der Waals surface area (Å²) >= 11 is 0. The van der Waals surface area contributed by atoms with Crippen molar-refractivity contribution in [2.24, 2.45) is 40.4 Å². The molecule has 5 aliphatic rings. The maximum absolute atomic E-state index is 12.9. The Morgan fingerprint density at radius 3 is 2.25 bits per heavy atom. The molecule has 0 amide bonds. The number of carbonyl (C=O) groups is 2. The summed E-state index contributed by atoms with van der Waals surface area (Å²) in [6.07, 6.45) is -7.93. The predicted molar refractivity (Wildman–Crippen MR) is 162 cm³/mol. The number of hydrogen-bond acceptors (Lipinski definition) is 13. The van der Waals surface area contributed by atoms with Crippen LogP contribution in [0, 0.1) is 40.4 Å². The first-order valence-electron chi connectivity index (χ1n) is 16.2. The largest absolute Gasteiger partial charge is 0.481 e. The first-order valence-corrected chi connectivity index (χ1v) is 18.9. The molecule has 5 N–H and O–H groups in total. The second-order valence-electron chi connectivity index (χ2n) is 14.8. The van der Waals surface area contributed by atoms with Crippen molar-refractivity contribution >= 4 is 32.7 Å². The minimum absolute atomic E-state index is 0.0156. The van der Waals surface area contributed by atoms with Gasteiger partial charge in [-0.05, 0) is 79.6 Å². The van der Waals surface area contributed by atoms with Gasteiger partial charge < -0.3 is 29.5 Å². The van der Waals surface area contributed by atoms with Gasteiger partial charge >= 0.3 is 32.7 Å². The lowest BCUT2D eigenvalue weighted by atomic mass is 9.43. The summed E-state index contributed by atoms with van der Waals surface area (Å²) in [6, 6.07) is 0. The fourth-order valence-corrected chi connectivity index (χ4v) is 10.8. The van der Waals surface area contributed by atoms with Crippen molar-refractivity contribution in [1.82, 2.24) is 0 Å². The first-order chi connectivity index (χ1) is 22.2. The fraction of sp³-hybridized carbons (Fsp3) is 0.867. The predicted octanol–water partition coefficient (Wildman–Crippen LogP) is 1.67. The Morgan fingerprint density at radius 2 is 1.67 bits per heavy atom. The van der Waals surface area contributed by atoms with Gasteiger partial charge in [-0.15, -0.1) is 0 Å². The highest BCUT2D eigenvalue weighted by molar-refractivity contribution is 7.81. The summed E-state index contributed by atoms with van der Waals surface area (Å²) < 4.78 is 93.5. The van der Waals surface area contributed by atoms with E-state index in [4.69, 9.17) is 18.4 Å². The fourth-order valence-electron chi connectivity index (χ4n) is 9.82. The van der Waals surface area contributed by atoms with Crippen LogP contribution in [0.25, 0.3) is 0 Å². The summed E-state index contributed by atoms with van der Waals surface area (Å²) in [5, 5.41) is 32.0. The molecule has 4 aliphatic carbocycles. The summed E-state index contributed by atoms with van der Waals surface area (Å²) in [4.78, 5) is 25.7. The van der Waals surface area contributed by atoms with E-state index in [1.54, 1.807) is 13.8 Å². The van der Waals surface area contributed by atoms with Gasteiger partial charge in [-0.2, -0.15) is 16.8 Å². The molecule has 1 spiro atoms. The monoisotopic (exact) mass is 726 g/mol. The van der Waals surface area contributed by atoms with Gasteiger partial charge in [-0.1, -0.05) is 27.4 Å². The van der Waals surface area contributed by atoms with Gasteiger partial charge in [-0.3, -0.25) is 18.7 Å². The van der Waals surface area contributed by atoms with E-state index in [9.17, 15) is 50.8 Å². The molecule has 4 saturated carbocycles. The van der Waals surface area contributed by atoms with Crippen molar-refractivity contribution in [2.45, 2.75) is 115 Å². The van der Waals surface area contributed by atoms with Gasteiger partial charge in [0.2, 0.25) is 0 Å². The molecule has 13 atom stereocenters. The number of fused-ring (bicyclic) bond motifs is 3. The number of carboxylic acid groups (broad SMARTS) is 1. The zero-order valence-electron chi connectivity index (χ0n) is 27.0. The van der Waals surface area contributed by atoms with Gasteiger partial charge in [0.15, 0.2) is 18.5 Å². The Labute approximate surface area is 280 Å². The molecule has 0 aromatic rings. The molecule has 5 rings (SSSR count). The second kappa shape index (κ2) is 13.4. The van der Waals surface area contributed by atoms with Crippen LogP contribution in [0.4, 0.5) is 0 Å². The maximum atomic E-state index is 12.9. The van der Waals surface area contributed by atoms with Gasteiger partial charge in [0, 0.05) is 11.8 Å². The molecular weight excluding hydrogens is 680 g/mol. The number of rotatable bonds is 11. The molecule has 18 heteroatoms. The highest BCUT2D eigenvalue weighted by Crippen LogP contribution is 2.70. The minimum atomic E-state index is -5.42. The van der Waals surface area contributed by atoms with Crippen LogP contribution in [0.3, 0.4) is 0 Å². The third-order valence-electron chi connectivity index (χ3n) is 11.5. The van der Waals surface area contributed by atoms with Crippen LogP contribution >= 0.6 is 0 Å². The molecule has 2 bridgehead atoms. The van der Waals surface area contributed by atoms with E-state index in [-0.39, 0.29) is 42.9 Å². The number of hydrogen-bond donors (Lipinski definition) is 5. The highest BCUT2D eigenvalue weighted by atomic mass is 32.3. The number of ether oxygens (including phenoxy) is 3. The van der Waals surface area contributed by atoms with Crippen LogP contribution < -0.4 is 0 Å². The van der Waals surface area contributed by atoms with E-state index in [1.165, 1.54) is 0 Å². The Bertz CT molecular complexity index is 1480. The lowest BCUT2D eigenvalue weighted by Gasteiger charge is -2.62. The molecule has 1 saturated heterocycles. The maximum Gasteiger partial charge on any atom is 0.397 e. The molecule has 48 heavy (non-hydrogen) atoms. The third kappa shape index (κ3) is 7.20. The zero-order chi connectivity index (χ0) is 35.6. The van der Waals surface area contributed by atoms with Crippen molar-refractivity contribution in [3.63, 3.8) is 0 Å². The standard InChI is InChI=1S/C30H46O16S2/c1-14(2)9-22(32)44-25-24(46-48(39,40)41)23(45-47(36,37)38)20(13-31)43-28(25)42-17-10-18(27(34)35)19-7-8-30-11-16(15(3)26(30)33)5-6-21(30)29(19,4)12-17/h14,16-21,23-26,28,31,33H,3,5-13H2,1-2,4H3,(H,34,35)(H,36,37,38)(H,39,40,41)/t16-,17-,18?,19-,20+,21+,23+,24?,25+,26?,28+,29-,30-/m1/s1.